The van der Waals surface area contributed by atoms with Crippen molar-refractivity contribution in [3.05, 3.63) is 24.4 Å². The molecule has 1 saturated carbocycles. The van der Waals surface area contributed by atoms with Crippen LogP contribution in [0, 0.1) is 0 Å². The number of hydrogen-bond acceptors (Lipinski definition) is 2. The first-order valence-corrected chi connectivity index (χ1v) is 5.02. The molecule has 0 aromatic carbocycles. The van der Waals surface area contributed by atoms with E-state index in [4.69, 9.17) is 0 Å². The quantitative estimate of drug-likeness (QED) is 0.688. The first-order valence-electron chi connectivity index (χ1n) is 5.02. The number of hydrogen-bond donors (Lipinski definition) is 0. The summed E-state index contributed by atoms with van der Waals surface area (Å²) in [6, 6.07) is 6.81. The third-order valence-corrected chi connectivity index (χ3v) is 2.88. The molecule has 0 N–H and O–H groups in total. The molecule has 0 aliphatic heterocycles. The maximum atomic E-state index is 4.35. The Hall–Kier alpha value is -1.05. The first kappa shape index (κ1) is 8.54. The SMILES string of the molecule is CN(c1ccccn1)C1CCCC1. The summed E-state index contributed by atoms with van der Waals surface area (Å²) < 4.78 is 0. The van der Waals surface area contributed by atoms with Crippen LogP contribution in [-0.4, -0.2) is 18.1 Å². The second kappa shape index (κ2) is 3.77. The lowest BCUT2D eigenvalue weighted by Crippen LogP contribution is -2.29. The average molecular weight is 176 g/mol. The van der Waals surface area contributed by atoms with E-state index in [-0.39, 0.29) is 0 Å². The monoisotopic (exact) mass is 176 g/mol. The fourth-order valence-electron chi connectivity index (χ4n) is 2.04. The van der Waals surface area contributed by atoms with Crippen LogP contribution in [0.3, 0.4) is 0 Å². The van der Waals surface area contributed by atoms with E-state index in [0.717, 1.165) is 11.9 Å². The number of aromatic nitrogens is 1. The molecule has 1 aliphatic rings. The summed E-state index contributed by atoms with van der Waals surface area (Å²) in [5.41, 5.74) is 0. The Kier molecular flexibility index (Phi) is 2.48. The van der Waals surface area contributed by atoms with Crippen molar-refractivity contribution in [2.75, 3.05) is 11.9 Å². The minimum absolute atomic E-state index is 0.717. The van der Waals surface area contributed by atoms with Gasteiger partial charge in [0.1, 0.15) is 5.82 Å². The number of pyridine rings is 1. The van der Waals surface area contributed by atoms with Gasteiger partial charge >= 0.3 is 0 Å². The molecule has 0 amide bonds. The maximum absolute atomic E-state index is 4.35. The van der Waals surface area contributed by atoms with Crippen LogP contribution in [0.2, 0.25) is 0 Å². The van der Waals surface area contributed by atoms with Gasteiger partial charge in [-0.25, -0.2) is 4.98 Å². The summed E-state index contributed by atoms with van der Waals surface area (Å²) in [6.45, 7) is 0. The molecule has 2 nitrogen and oxygen atoms in total. The van der Waals surface area contributed by atoms with Gasteiger partial charge in [-0.05, 0) is 25.0 Å². The molecule has 1 heterocycles. The second-order valence-electron chi connectivity index (χ2n) is 3.74. The standard InChI is InChI=1S/C11H16N2/c1-13(10-6-2-3-7-10)11-8-4-5-9-12-11/h4-5,8-10H,2-3,6-7H2,1H3. The van der Waals surface area contributed by atoms with Crippen LogP contribution in [0.4, 0.5) is 5.82 Å². The third-order valence-electron chi connectivity index (χ3n) is 2.88. The fraction of sp³-hybridized carbons (Fsp3) is 0.545. The summed E-state index contributed by atoms with van der Waals surface area (Å²) in [5, 5.41) is 0. The van der Waals surface area contributed by atoms with Crippen LogP contribution in [-0.2, 0) is 0 Å². The highest BCUT2D eigenvalue weighted by Gasteiger charge is 2.19. The lowest BCUT2D eigenvalue weighted by atomic mass is 10.2. The van der Waals surface area contributed by atoms with E-state index in [1.54, 1.807) is 0 Å². The van der Waals surface area contributed by atoms with Gasteiger partial charge in [-0.1, -0.05) is 18.9 Å². The highest BCUT2D eigenvalue weighted by molar-refractivity contribution is 5.38. The van der Waals surface area contributed by atoms with E-state index >= 15 is 0 Å². The lowest BCUT2D eigenvalue weighted by Gasteiger charge is -2.24. The minimum atomic E-state index is 0.717. The second-order valence-corrected chi connectivity index (χ2v) is 3.74. The molecule has 1 aromatic rings. The first-order chi connectivity index (χ1) is 6.38. The molecule has 0 unspecified atom stereocenters. The predicted molar refractivity (Wildman–Crippen MR) is 54.9 cm³/mol. The van der Waals surface area contributed by atoms with Crippen LogP contribution in [0.15, 0.2) is 24.4 Å². The summed E-state index contributed by atoms with van der Waals surface area (Å²) >= 11 is 0. The number of rotatable bonds is 2. The maximum Gasteiger partial charge on any atom is 0.128 e. The molecule has 0 saturated heterocycles. The van der Waals surface area contributed by atoms with Gasteiger partial charge < -0.3 is 4.90 Å². The van der Waals surface area contributed by atoms with Crippen molar-refractivity contribution in [3.8, 4) is 0 Å². The molecule has 2 rings (SSSR count). The molecule has 1 aliphatic carbocycles. The summed E-state index contributed by atoms with van der Waals surface area (Å²) in [7, 11) is 2.15. The number of anilines is 1. The molecule has 0 bridgehead atoms. The highest BCUT2D eigenvalue weighted by Crippen LogP contribution is 2.25. The van der Waals surface area contributed by atoms with Crippen molar-refractivity contribution in [1.82, 2.24) is 4.98 Å². The van der Waals surface area contributed by atoms with Crippen molar-refractivity contribution >= 4 is 5.82 Å². The molecule has 1 fully saturated rings. The molecular formula is C11H16N2. The molecule has 13 heavy (non-hydrogen) atoms. The van der Waals surface area contributed by atoms with E-state index in [1.807, 2.05) is 18.3 Å². The Bertz CT molecular complexity index is 252. The van der Waals surface area contributed by atoms with E-state index in [2.05, 4.69) is 23.0 Å². The summed E-state index contributed by atoms with van der Waals surface area (Å²) in [6.07, 6.45) is 7.27. The Morgan fingerprint density at radius 1 is 1.31 bits per heavy atom. The average Bonchev–Trinajstić information content (AvgIpc) is 2.71. The van der Waals surface area contributed by atoms with Gasteiger partial charge in [0.25, 0.3) is 0 Å². The van der Waals surface area contributed by atoms with Crippen LogP contribution in [0.5, 0.6) is 0 Å². The predicted octanol–water partition coefficient (Wildman–Crippen LogP) is 2.46. The zero-order valence-corrected chi connectivity index (χ0v) is 8.11. The summed E-state index contributed by atoms with van der Waals surface area (Å²) in [4.78, 5) is 6.66. The Labute approximate surface area is 79.6 Å². The van der Waals surface area contributed by atoms with E-state index in [0.29, 0.717) is 0 Å². The largest absolute Gasteiger partial charge is 0.357 e. The molecule has 0 radical (unpaired) electrons. The Balaban J connectivity index is 2.08. The molecular weight excluding hydrogens is 160 g/mol. The van der Waals surface area contributed by atoms with Crippen LogP contribution in [0.25, 0.3) is 0 Å². The van der Waals surface area contributed by atoms with E-state index < -0.39 is 0 Å². The van der Waals surface area contributed by atoms with Gasteiger partial charge in [0.15, 0.2) is 0 Å². The van der Waals surface area contributed by atoms with Gasteiger partial charge in [0, 0.05) is 19.3 Å². The van der Waals surface area contributed by atoms with Gasteiger partial charge in [-0.3, -0.25) is 0 Å². The van der Waals surface area contributed by atoms with Crippen molar-refractivity contribution in [1.29, 1.82) is 0 Å². The molecule has 0 atom stereocenters. The molecule has 2 heteroatoms. The van der Waals surface area contributed by atoms with Crippen molar-refractivity contribution in [2.45, 2.75) is 31.7 Å². The zero-order valence-electron chi connectivity index (χ0n) is 8.11. The van der Waals surface area contributed by atoms with E-state index in [9.17, 15) is 0 Å². The minimum Gasteiger partial charge on any atom is -0.357 e. The van der Waals surface area contributed by atoms with Gasteiger partial charge in [0.2, 0.25) is 0 Å². The number of nitrogens with zero attached hydrogens (tertiary/aromatic N) is 2. The van der Waals surface area contributed by atoms with Crippen LogP contribution < -0.4 is 4.90 Å². The van der Waals surface area contributed by atoms with Crippen molar-refractivity contribution in [2.24, 2.45) is 0 Å². The van der Waals surface area contributed by atoms with Gasteiger partial charge in [-0.15, -0.1) is 0 Å². The molecule has 1 aromatic heterocycles. The summed E-state index contributed by atoms with van der Waals surface area (Å²) in [5.74, 6) is 1.11. The molecule has 0 spiro atoms. The normalized spacial score (nSPS) is 17.6. The smallest absolute Gasteiger partial charge is 0.128 e. The lowest BCUT2D eigenvalue weighted by molar-refractivity contribution is 0.646. The topological polar surface area (TPSA) is 16.1 Å². The third kappa shape index (κ3) is 1.82. The van der Waals surface area contributed by atoms with Crippen molar-refractivity contribution < 1.29 is 0 Å². The van der Waals surface area contributed by atoms with Gasteiger partial charge in [0.05, 0.1) is 0 Å². The Morgan fingerprint density at radius 2 is 2.08 bits per heavy atom. The van der Waals surface area contributed by atoms with Crippen molar-refractivity contribution in [3.63, 3.8) is 0 Å². The fourth-order valence-corrected chi connectivity index (χ4v) is 2.04. The van der Waals surface area contributed by atoms with E-state index in [1.165, 1.54) is 25.7 Å². The highest BCUT2D eigenvalue weighted by atomic mass is 15.2. The molecule has 70 valence electrons. The van der Waals surface area contributed by atoms with Crippen LogP contribution in [0.1, 0.15) is 25.7 Å². The van der Waals surface area contributed by atoms with Crippen LogP contribution >= 0.6 is 0 Å². The zero-order chi connectivity index (χ0) is 9.10. The Morgan fingerprint density at radius 3 is 2.69 bits per heavy atom. The van der Waals surface area contributed by atoms with Gasteiger partial charge in [-0.2, -0.15) is 0 Å².